The summed E-state index contributed by atoms with van der Waals surface area (Å²) >= 11 is 1.02. The van der Waals surface area contributed by atoms with E-state index in [1.54, 1.807) is 0 Å². The van der Waals surface area contributed by atoms with Crippen molar-refractivity contribution in [2.24, 2.45) is 0 Å². The number of anilines is 1. The Kier molecular flexibility index (Phi) is 8.56. The summed E-state index contributed by atoms with van der Waals surface area (Å²) in [7, 11) is 1.34. The zero-order valence-corrected chi connectivity index (χ0v) is 15.3. The zero-order valence-electron chi connectivity index (χ0n) is 14.5. The quantitative estimate of drug-likeness (QED) is 0.609. The molecule has 8 nitrogen and oxygen atoms in total. The van der Waals surface area contributed by atoms with Gasteiger partial charge in [-0.2, -0.15) is 0 Å². The molecule has 0 aliphatic carbocycles. The van der Waals surface area contributed by atoms with Crippen molar-refractivity contribution in [1.82, 2.24) is 10.6 Å². The summed E-state index contributed by atoms with van der Waals surface area (Å²) in [5.41, 5.74) is 0.437. The van der Waals surface area contributed by atoms with E-state index in [2.05, 4.69) is 10.6 Å². The Hall–Kier alpha value is -2.62. The molecule has 1 aromatic carbocycles. The van der Waals surface area contributed by atoms with Gasteiger partial charge in [0, 0.05) is 12.7 Å². The summed E-state index contributed by atoms with van der Waals surface area (Å²) in [5, 5.41) is 6.05. The van der Waals surface area contributed by atoms with Gasteiger partial charge in [-0.15, -0.1) is 11.8 Å². The lowest BCUT2D eigenvalue weighted by atomic mass is 10.3. The van der Waals surface area contributed by atoms with Gasteiger partial charge >= 0.3 is 12.0 Å². The van der Waals surface area contributed by atoms with Crippen LogP contribution in [0.25, 0.3) is 0 Å². The third kappa shape index (κ3) is 7.51. The second-order valence-electron chi connectivity index (χ2n) is 5.16. The van der Waals surface area contributed by atoms with Crippen molar-refractivity contribution in [3.63, 3.8) is 0 Å². The fourth-order valence-corrected chi connectivity index (χ4v) is 2.26. The topological polar surface area (TPSA) is 114 Å². The minimum atomic E-state index is -1.16. The molecule has 0 aromatic heterocycles. The molecule has 0 heterocycles. The number of amides is 4. The number of benzene rings is 1. The van der Waals surface area contributed by atoms with Crippen molar-refractivity contribution in [3.8, 4) is 0 Å². The van der Waals surface area contributed by atoms with E-state index < -0.39 is 35.1 Å². The van der Waals surface area contributed by atoms with Gasteiger partial charge in [0.15, 0.2) is 6.10 Å². The standard InChI is InChI=1S/C16H20FN3O5S/c1-9(14(22)20-16(24)18-3)25-15(23)10(2)26-8-13(21)19-12-6-4-11(17)5-7-12/h4-7,9-10H,8H2,1-3H3,(H,19,21)(H2,18,20,22,24)/t9-,10+/m0/s1. The van der Waals surface area contributed by atoms with E-state index in [1.807, 2.05) is 5.32 Å². The fraction of sp³-hybridized carbons (Fsp3) is 0.375. The number of rotatable bonds is 7. The molecule has 0 bridgehead atoms. The zero-order chi connectivity index (χ0) is 19.7. The smallest absolute Gasteiger partial charge is 0.321 e. The number of carbonyl (C=O) groups excluding carboxylic acids is 4. The van der Waals surface area contributed by atoms with Crippen molar-refractivity contribution >= 4 is 41.3 Å². The van der Waals surface area contributed by atoms with E-state index in [4.69, 9.17) is 4.74 Å². The van der Waals surface area contributed by atoms with Gasteiger partial charge in [0.05, 0.1) is 5.75 Å². The van der Waals surface area contributed by atoms with Crippen molar-refractivity contribution in [2.45, 2.75) is 25.2 Å². The summed E-state index contributed by atoms with van der Waals surface area (Å²) in [6, 6.07) is 4.56. The Labute approximate surface area is 154 Å². The number of imide groups is 1. The molecule has 0 fully saturated rings. The van der Waals surface area contributed by atoms with Crippen LogP contribution in [0.2, 0.25) is 0 Å². The fourth-order valence-electron chi connectivity index (χ4n) is 1.60. The molecule has 0 aliphatic rings. The maximum Gasteiger partial charge on any atom is 0.321 e. The minimum Gasteiger partial charge on any atom is -0.452 e. The molecular formula is C16H20FN3O5S. The first-order valence-corrected chi connectivity index (χ1v) is 8.68. The summed E-state index contributed by atoms with van der Waals surface area (Å²) in [6.07, 6.45) is -1.16. The van der Waals surface area contributed by atoms with Gasteiger partial charge in [-0.05, 0) is 38.1 Å². The van der Waals surface area contributed by atoms with Crippen molar-refractivity contribution < 1.29 is 28.3 Å². The molecule has 0 spiro atoms. The number of nitrogens with one attached hydrogen (secondary N) is 3. The van der Waals surface area contributed by atoms with E-state index in [0.717, 1.165) is 11.8 Å². The maximum atomic E-state index is 12.8. The monoisotopic (exact) mass is 385 g/mol. The SMILES string of the molecule is CNC(=O)NC(=O)[C@H](C)OC(=O)[C@@H](C)SCC(=O)Nc1ccc(F)cc1. The van der Waals surface area contributed by atoms with Gasteiger partial charge in [-0.1, -0.05) is 0 Å². The molecule has 0 unspecified atom stereocenters. The maximum absolute atomic E-state index is 12.8. The van der Waals surface area contributed by atoms with Crippen LogP contribution in [0.3, 0.4) is 0 Å². The number of esters is 1. The highest BCUT2D eigenvalue weighted by molar-refractivity contribution is 8.01. The Morgan fingerprint density at radius 2 is 1.77 bits per heavy atom. The number of thioether (sulfide) groups is 1. The van der Waals surface area contributed by atoms with E-state index in [9.17, 15) is 23.6 Å². The van der Waals surface area contributed by atoms with Crippen LogP contribution in [0, 0.1) is 5.82 Å². The molecule has 4 amide bonds. The molecule has 2 atom stereocenters. The van der Waals surface area contributed by atoms with Crippen LogP contribution in [-0.2, 0) is 19.1 Å². The molecule has 142 valence electrons. The molecule has 0 radical (unpaired) electrons. The van der Waals surface area contributed by atoms with Crippen LogP contribution in [0.15, 0.2) is 24.3 Å². The second-order valence-corrected chi connectivity index (χ2v) is 6.48. The van der Waals surface area contributed by atoms with Gasteiger partial charge in [0.1, 0.15) is 11.1 Å². The third-order valence-corrected chi connectivity index (χ3v) is 4.17. The average molecular weight is 385 g/mol. The molecule has 10 heteroatoms. The van der Waals surface area contributed by atoms with E-state index in [0.29, 0.717) is 5.69 Å². The summed E-state index contributed by atoms with van der Waals surface area (Å²) in [4.78, 5) is 46.4. The van der Waals surface area contributed by atoms with Gasteiger partial charge < -0.3 is 15.4 Å². The number of hydrogen-bond donors (Lipinski definition) is 3. The highest BCUT2D eigenvalue weighted by Crippen LogP contribution is 2.15. The van der Waals surface area contributed by atoms with Crippen LogP contribution in [0.4, 0.5) is 14.9 Å². The average Bonchev–Trinajstić information content (AvgIpc) is 2.61. The number of urea groups is 1. The molecular weight excluding hydrogens is 365 g/mol. The Balaban J connectivity index is 2.39. The van der Waals surface area contributed by atoms with E-state index in [1.165, 1.54) is 45.2 Å². The van der Waals surface area contributed by atoms with Crippen molar-refractivity contribution in [3.05, 3.63) is 30.1 Å². The van der Waals surface area contributed by atoms with Gasteiger partial charge in [-0.3, -0.25) is 19.7 Å². The van der Waals surface area contributed by atoms with Gasteiger partial charge in [0.25, 0.3) is 5.91 Å². The lowest BCUT2D eigenvalue weighted by Gasteiger charge is -2.16. The van der Waals surface area contributed by atoms with Crippen LogP contribution in [-0.4, -0.2) is 48.0 Å². The third-order valence-electron chi connectivity index (χ3n) is 3.05. The Morgan fingerprint density at radius 3 is 2.35 bits per heavy atom. The lowest BCUT2D eigenvalue weighted by Crippen LogP contribution is -2.44. The van der Waals surface area contributed by atoms with Crippen LogP contribution in [0.1, 0.15) is 13.8 Å². The van der Waals surface area contributed by atoms with Gasteiger partial charge in [0.2, 0.25) is 5.91 Å². The molecule has 26 heavy (non-hydrogen) atoms. The molecule has 1 aromatic rings. The molecule has 0 saturated carbocycles. The molecule has 1 rings (SSSR count). The highest BCUT2D eigenvalue weighted by Gasteiger charge is 2.23. The number of ether oxygens (including phenoxy) is 1. The second kappa shape index (κ2) is 10.4. The van der Waals surface area contributed by atoms with Crippen LogP contribution in [0.5, 0.6) is 0 Å². The van der Waals surface area contributed by atoms with Crippen molar-refractivity contribution in [2.75, 3.05) is 18.1 Å². The molecule has 0 aliphatic heterocycles. The normalized spacial score (nSPS) is 12.5. The van der Waals surface area contributed by atoms with Gasteiger partial charge in [-0.25, -0.2) is 9.18 Å². The van der Waals surface area contributed by atoms with E-state index >= 15 is 0 Å². The first-order chi connectivity index (χ1) is 12.2. The predicted molar refractivity (Wildman–Crippen MR) is 95.1 cm³/mol. The van der Waals surface area contributed by atoms with E-state index in [-0.39, 0.29) is 11.7 Å². The van der Waals surface area contributed by atoms with Crippen LogP contribution < -0.4 is 16.0 Å². The first-order valence-electron chi connectivity index (χ1n) is 7.63. The Morgan fingerprint density at radius 1 is 1.15 bits per heavy atom. The summed E-state index contributed by atoms with van der Waals surface area (Å²) in [5.74, 6) is -2.27. The summed E-state index contributed by atoms with van der Waals surface area (Å²) in [6.45, 7) is 2.86. The number of hydrogen-bond acceptors (Lipinski definition) is 6. The molecule has 3 N–H and O–H groups in total. The van der Waals surface area contributed by atoms with Crippen molar-refractivity contribution in [1.29, 1.82) is 0 Å². The minimum absolute atomic E-state index is 0.0353. The molecule has 0 saturated heterocycles. The Bertz CT molecular complexity index is 668. The lowest BCUT2D eigenvalue weighted by molar-refractivity contribution is -0.153. The first kappa shape index (κ1) is 21.4. The summed E-state index contributed by atoms with van der Waals surface area (Å²) < 4.78 is 17.8. The highest BCUT2D eigenvalue weighted by atomic mass is 32.2. The number of halogens is 1. The largest absolute Gasteiger partial charge is 0.452 e. The number of carbonyl (C=O) groups is 4. The predicted octanol–water partition coefficient (Wildman–Crippen LogP) is 1.27. The van der Waals surface area contributed by atoms with Crippen LogP contribution >= 0.6 is 11.8 Å².